The normalized spacial score (nSPS) is 21.7. The van der Waals surface area contributed by atoms with E-state index >= 15 is 0 Å². The topological polar surface area (TPSA) is 35.9 Å². The summed E-state index contributed by atoms with van der Waals surface area (Å²) in [5.41, 5.74) is 1.37. The van der Waals surface area contributed by atoms with Gasteiger partial charge in [0.15, 0.2) is 0 Å². The van der Waals surface area contributed by atoms with Crippen molar-refractivity contribution >= 4 is 11.9 Å². The van der Waals surface area contributed by atoms with Gasteiger partial charge in [0.2, 0.25) is 0 Å². The molecule has 4 nitrogen and oxygen atoms in total. The molecule has 1 N–H and O–H groups in total. The van der Waals surface area contributed by atoms with E-state index < -0.39 is 11.7 Å². The summed E-state index contributed by atoms with van der Waals surface area (Å²) in [6.45, 7) is 7.82. The van der Waals surface area contributed by atoms with E-state index in [4.69, 9.17) is 4.74 Å². The monoisotopic (exact) mass is 488 g/mol. The molecule has 0 amide bonds. The molecule has 8 heteroatoms. The van der Waals surface area contributed by atoms with Gasteiger partial charge in [-0.05, 0) is 57.5 Å². The van der Waals surface area contributed by atoms with Crippen molar-refractivity contribution in [2.24, 2.45) is 5.92 Å². The van der Waals surface area contributed by atoms with Crippen molar-refractivity contribution in [3.8, 4) is 0 Å². The molecular weight excluding hydrogens is 449 g/mol. The zero-order chi connectivity index (χ0) is 24.6. The summed E-state index contributed by atoms with van der Waals surface area (Å²) in [5.74, 6) is 0.972. The number of hydrogen-bond acceptors (Lipinski definition) is 5. The Balaban J connectivity index is 2.52. The number of aliphatic hydroxyl groups excluding tert-OH is 1. The fraction of sp³-hybridized carbons (Fsp3) is 0.680. The highest BCUT2D eigenvalue weighted by Gasteiger charge is 2.37. The molecule has 2 rings (SSSR count). The minimum absolute atomic E-state index is 0.0204. The Morgan fingerprint density at radius 3 is 2.21 bits per heavy atom. The van der Waals surface area contributed by atoms with Gasteiger partial charge in [0.05, 0.1) is 17.6 Å². The zero-order valence-corrected chi connectivity index (χ0v) is 21.4. The Bertz CT molecular complexity index is 764. The molecule has 0 saturated carbocycles. The highest BCUT2D eigenvalue weighted by atomic mass is 32.2. The standard InChI is InChI=1S/C25H39F3N2O2S/c1-6-8-12-30(13-9-7-2)21-15-19(17-31)16-23(33-29(4)5)24(21)32-22-11-10-20(14-18(22)3)25(26,27)28/h10-11,15,18,23,31H,6-9,12-14,16-17H2,1-5H3. The molecule has 0 heterocycles. The second-order valence-corrected chi connectivity index (χ2v) is 10.5. The smallest absolute Gasteiger partial charge is 0.412 e. The Morgan fingerprint density at radius 1 is 1.09 bits per heavy atom. The molecule has 33 heavy (non-hydrogen) atoms. The highest BCUT2D eigenvalue weighted by Crippen LogP contribution is 2.41. The van der Waals surface area contributed by atoms with Crippen molar-refractivity contribution in [1.82, 2.24) is 9.21 Å². The maximum Gasteiger partial charge on any atom is 0.412 e. The first-order chi connectivity index (χ1) is 15.6. The number of rotatable bonds is 12. The number of hydrogen-bond donors (Lipinski definition) is 1. The summed E-state index contributed by atoms with van der Waals surface area (Å²) < 4.78 is 48.1. The number of aliphatic hydroxyl groups is 1. The number of nitrogens with zero attached hydrogens (tertiary/aromatic N) is 2. The maximum absolute atomic E-state index is 13.2. The van der Waals surface area contributed by atoms with E-state index in [0.29, 0.717) is 12.2 Å². The third-order valence-electron chi connectivity index (χ3n) is 5.83. The molecule has 0 spiro atoms. The number of alkyl halides is 3. The van der Waals surface area contributed by atoms with Gasteiger partial charge in [-0.25, -0.2) is 0 Å². The fourth-order valence-electron chi connectivity index (χ4n) is 4.00. The van der Waals surface area contributed by atoms with Crippen LogP contribution in [0.5, 0.6) is 0 Å². The number of ether oxygens (including phenoxy) is 1. The first kappa shape index (κ1) is 27.9. The van der Waals surface area contributed by atoms with E-state index in [9.17, 15) is 18.3 Å². The Morgan fingerprint density at radius 2 is 1.73 bits per heavy atom. The largest absolute Gasteiger partial charge is 0.462 e. The lowest BCUT2D eigenvalue weighted by Crippen LogP contribution is -2.32. The molecule has 0 saturated heterocycles. The van der Waals surface area contributed by atoms with Crippen LogP contribution in [0.3, 0.4) is 0 Å². The average molecular weight is 489 g/mol. The third-order valence-corrected chi connectivity index (χ3v) is 6.89. The third kappa shape index (κ3) is 8.11. The molecule has 0 aromatic heterocycles. The van der Waals surface area contributed by atoms with Crippen molar-refractivity contribution in [3.05, 3.63) is 46.6 Å². The van der Waals surface area contributed by atoms with E-state index in [0.717, 1.165) is 61.9 Å². The molecule has 0 aromatic rings. The fourth-order valence-corrected chi connectivity index (χ4v) is 5.06. The molecule has 188 valence electrons. The van der Waals surface area contributed by atoms with Crippen molar-refractivity contribution in [2.45, 2.75) is 70.7 Å². The lowest BCUT2D eigenvalue weighted by molar-refractivity contribution is -0.0954. The van der Waals surface area contributed by atoms with Gasteiger partial charge in [0, 0.05) is 24.6 Å². The maximum atomic E-state index is 13.2. The summed E-state index contributed by atoms with van der Waals surface area (Å²) in [6, 6.07) is 0. The number of unbranched alkanes of at least 4 members (excludes halogenated alkanes) is 2. The molecule has 2 atom stereocenters. The van der Waals surface area contributed by atoms with Gasteiger partial charge in [-0.2, -0.15) is 13.2 Å². The second-order valence-electron chi connectivity index (χ2n) is 8.98. The van der Waals surface area contributed by atoms with Gasteiger partial charge in [0.25, 0.3) is 0 Å². The minimum atomic E-state index is -4.31. The molecule has 2 unspecified atom stereocenters. The van der Waals surface area contributed by atoms with Crippen LogP contribution in [0.25, 0.3) is 0 Å². The van der Waals surface area contributed by atoms with Gasteiger partial charge >= 0.3 is 6.18 Å². The summed E-state index contributed by atoms with van der Waals surface area (Å²) in [7, 11) is 3.93. The first-order valence-corrected chi connectivity index (χ1v) is 12.7. The van der Waals surface area contributed by atoms with Crippen molar-refractivity contribution in [3.63, 3.8) is 0 Å². The lowest BCUT2D eigenvalue weighted by atomic mass is 9.93. The molecule has 0 bridgehead atoms. The summed E-state index contributed by atoms with van der Waals surface area (Å²) in [6.07, 6.45) is 5.08. The lowest BCUT2D eigenvalue weighted by Gasteiger charge is -2.36. The van der Waals surface area contributed by atoms with Gasteiger partial charge < -0.3 is 14.7 Å². The van der Waals surface area contributed by atoms with E-state index in [1.807, 2.05) is 24.5 Å². The Hall–Kier alpha value is -1.38. The van der Waals surface area contributed by atoms with Gasteiger partial charge in [-0.3, -0.25) is 4.31 Å². The van der Waals surface area contributed by atoms with Crippen LogP contribution < -0.4 is 0 Å². The van der Waals surface area contributed by atoms with Crippen LogP contribution in [0.1, 0.15) is 59.3 Å². The molecule has 0 aromatic carbocycles. The number of allylic oxidation sites excluding steroid dienone is 5. The molecule has 0 aliphatic heterocycles. The van der Waals surface area contributed by atoms with Crippen LogP contribution in [0.15, 0.2) is 46.6 Å². The Kier molecular flexibility index (Phi) is 10.9. The van der Waals surface area contributed by atoms with Crippen LogP contribution in [0, 0.1) is 5.92 Å². The van der Waals surface area contributed by atoms with Gasteiger partial charge in [-0.1, -0.05) is 51.6 Å². The predicted octanol–water partition coefficient (Wildman–Crippen LogP) is 6.43. The van der Waals surface area contributed by atoms with E-state index in [1.165, 1.54) is 6.08 Å². The summed E-state index contributed by atoms with van der Waals surface area (Å²) >= 11 is 1.62. The summed E-state index contributed by atoms with van der Waals surface area (Å²) in [4.78, 5) is 2.32. The van der Waals surface area contributed by atoms with Crippen LogP contribution in [0.4, 0.5) is 13.2 Å². The second kappa shape index (κ2) is 12.9. The summed E-state index contributed by atoms with van der Waals surface area (Å²) in [5, 5.41) is 9.89. The van der Waals surface area contributed by atoms with E-state index in [1.54, 1.807) is 18.9 Å². The SMILES string of the molecule is CCCCN(CCCC)C1=C(OC2=CC=C(C(F)(F)F)CC2C)C(SN(C)C)CC(CO)=C1. The number of halogens is 3. The average Bonchev–Trinajstić information content (AvgIpc) is 2.75. The molecule has 2 aliphatic carbocycles. The molecular formula is C25H39F3N2O2S. The molecule has 0 fully saturated rings. The van der Waals surface area contributed by atoms with Crippen molar-refractivity contribution in [2.75, 3.05) is 33.8 Å². The quantitative estimate of drug-likeness (QED) is 0.320. The molecule has 0 radical (unpaired) electrons. The van der Waals surface area contributed by atoms with E-state index in [-0.39, 0.29) is 24.2 Å². The highest BCUT2D eigenvalue weighted by molar-refractivity contribution is 7.97. The van der Waals surface area contributed by atoms with Gasteiger partial charge in [0.1, 0.15) is 11.5 Å². The van der Waals surface area contributed by atoms with E-state index in [2.05, 4.69) is 18.7 Å². The minimum Gasteiger partial charge on any atom is -0.462 e. The molecule has 2 aliphatic rings. The van der Waals surface area contributed by atoms with Crippen LogP contribution in [-0.2, 0) is 4.74 Å². The van der Waals surface area contributed by atoms with Crippen LogP contribution in [0.2, 0.25) is 0 Å². The van der Waals surface area contributed by atoms with Crippen LogP contribution >= 0.6 is 11.9 Å². The zero-order valence-electron chi connectivity index (χ0n) is 20.5. The van der Waals surface area contributed by atoms with Crippen molar-refractivity contribution < 1.29 is 23.0 Å². The Labute approximate surface area is 201 Å². The predicted molar refractivity (Wildman–Crippen MR) is 130 cm³/mol. The van der Waals surface area contributed by atoms with Crippen LogP contribution in [-0.4, -0.2) is 59.5 Å². The van der Waals surface area contributed by atoms with Gasteiger partial charge in [-0.15, -0.1) is 0 Å². The first-order valence-electron chi connectivity index (χ1n) is 11.9. The van der Waals surface area contributed by atoms with Crippen molar-refractivity contribution in [1.29, 1.82) is 0 Å².